The van der Waals surface area contributed by atoms with Gasteiger partial charge in [-0.1, -0.05) is 42.5 Å². The van der Waals surface area contributed by atoms with Crippen LogP contribution in [0.1, 0.15) is 22.6 Å². The second-order valence-corrected chi connectivity index (χ2v) is 8.27. The van der Waals surface area contributed by atoms with Gasteiger partial charge in [-0.3, -0.25) is 0 Å². The molecule has 6 rings (SSSR count). The zero-order valence-electron chi connectivity index (χ0n) is 16.8. The van der Waals surface area contributed by atoms with Crippen LogP contribution in [-0.2, 0) is 6.54 Å². The number of aromatic amines is 1. The van der Waals surface area contributed by atoms with Crippen molar-refractivity contribution in [3.05, 3.63) is 95.8 Å². The maximum absolute atomic E-state index is 4.48. The van der Waals surface area contributed by atoms with E-state index in [2.05, 4.69) is 87.8 Å². The van der Waals surface area contributed by atoms with Crippen LogP contribution >= 0.6 is 0 Å². The van der Waals surface area contributed by atoms with Crippen LogP contribution < -0.4 is 0 Å². The summed E-state index contributed by atoms with van der Waals surface area (Å²) in [7, 11) is 2.20. The number of rotatable bonds is 2. The predicted octanol–water partition coefficient (Wildman–Crippen LogP) is 5.36. The van der Waals surface area contributed by atoms with Gasteiger partial charge in [0.05, 0.1) is 6.20 Å². The van der Waals surface area contributed by atoms with Crippen LogP contribution in [0, 0.1) is 0 Å². The molecule has 1 unspecified atom stereocenters. The molecule has 1 aliphatic heterocycles. The lowest BCUT2D eigenvalue weighted by molar-refractivity contribution is 0.295. The van der Waals surface area contributed by atoms with E-state index in [1.54, 1.807) is 0 Å². The van der Waals surface area contributed by atoms with Crippen molar-refractivity contribution in [1.29, 1.82) is 0 Å². The van der Waals surface area contributed by atoms with Gasteiger partial charge in [0.15, 0.2) is 0 Å². The van der Waals surface area contributed by atoms with Crippen molar-refractivity contribution in [2.45, 2.75) is 12.5 Å². The number of aromatic nitrogens is 3. The van der Waals surface area contributed by atoms with Crippen molar-refractivity contribution in [3.63, 3.8) is 0 Å². The maximum atomic E-state index is 4.48. The number of likely N-dealkylation sites (N-methyl/N-ethyl adjacent to an activating group) is 1. The first kappa shape index (κ1) is 17.4. The van der Waals surface area contributed by atoms with Crippen LogP contribution in [0.2, 0.25) is 0 Å². The van der Waals surface area contributed by atoms with Crippen molar-refractivity contribution in [3.8, 4) is 11.3 Å². The number of H-pyrrole nitrogens is 1. The molecule has 0 saturated heterocycles. The van der Waals surface area contributed by atoms with Crippen molar-refractivity contribution in [2.75, 3.05) is 13.6 Å². The third kappa shape index (κ3) is 2.80. The summed E-state index contributed by atoms with van der Waals surface area (Å²) in [5, 5.41) is 12.3. The van der Waals surface area contributed by atoms with E-state index in [-0.39, 0.29) is 0 Å². The first-order valence-corrected chi connectivity index (χ1v) is 10.4. The highest BCUT2D eigenvalue weighted by atomic mass is 15.1. The van der Waals surface area contributed by atoms with Crippen molar-refractivity contribution >= 4 is 21.7 Å². The molecule has 1 atom stereocenters. The first-order chi connectivity index (χ1) is 14.8. The Morgan fingerprint density at radius 3 is 2.87 bits per heavy atom. The van der Waals surface area contributed by atoms with Crippen LogP contribution in [0.15, 0.2) is 79.1 Å². The lowest BCUT2D eigenvalue weighted by atomic mass is 9.83. The number of hydrogen-bond acceptors (Lipinski definition) is 3. The summed E-state index contributed by atoms with van der Waals surface area (Å²) in [6, 6.07) is 24.1. The zero-order chi connectivity index (χ0) is 20.1. The summed E-state index contributed by atoms with van der Waals surface area (Å²) in [6.45, 7) is 1.97. The molecular weight excluding hydrogens is 368 g/mol. The molecule has 3 aromatic carbocycles. The molecule has 0 aliphatic carbocycles. The molecule has 146 valence electrons. The Morgan fingerprint density at radius 2 is 1.90 bits per heavy atom. The van der Waals surface area contributed by atoms with E-state index in [0.29, 0.717) is 5.92 Å². The van der Waals surface area contributed by atoms with Crippen LogP contribution in [0.5, 0.6) is 0 Å². The second kappa shape index (κ2) is 6.78. The molecule has 0 fully saturated rings. The van der Waals surface area contributed by atoms with E-state index in [0.717, 1.165) is 35.1 Å². The van der Waals surface area contributed by atoms with E-state index in [4.69, 9.17) is 0 Å². The molecule has 0 amide bonds. The molecule has 4 nitrogen and oxygen atoms in total. The smallest absolute Gasteiger partial charge is 0.101 e. The van der Waals surface area contributed by atoms with Crippen LogP contribution in [0.4, 0.5) is 0 Å². The van der Waals surface area contributed by atoms with Gasteiger partial charge in [-0.2, -0.15) is 5.10 Å². The second-order valence-electron chi connectivity index (χ2n) is 8.27. The highest BCUT2D eigenvalue weighted by Gasteiger charge is 2.25. The van der Waals surface area contributed by atoms with Gasteiger partial charge < -0.3 is 9.88 Å². The number of nitrogens with zero attached hydrogens (tertiary/aromatic N) is 3. The van der Waals surface area contributed by atoms with Crippen molar-refractivity contribution < 1.29 is 0 Å². The van der Waals surface area contributed by atoms with Gasteiger partial charge in [0.25, 0.3) is 0 Å². The Morgan fingerprint density at radius 1 is 0.967 bits per heavy atom. The molecule has 3 heterocycles. The Balaban J connectivity index is 1.47. The zero-order valence-corrected chi connectivity index (χ0v) is 16.8. The lowest BCUT2D eigenvalue weighted by Crippen LogP contribution is -2.31. The average Bonchev–Trinajstić information content (AvgIpc) is 3.25. The van der Waals surface area contributed by atoms with E-state index < -0.39 is 0 Å². The number of benzene rings is 3. The number of nitrogens with one attached hydrogen (secondary N) is 1. The molecule has 1 aliphatic rings. The molecule has 2 aromatic heterocycles. The first-order valence-electron chi connectivity index (χ1n) is 10.4. The van der Waals surface area contributed by atoms with Gasteiger partial charge >= 0.3 is 0 Å². The molecule has 4 heteroatoms. The summed E-state index contributed by atoms with van der Waals surface area (Å²) < 4.78 is 0. The quantitative estimate of drug-likeness (QED) is 0.442. The van der Waals surface area contributed by atoms with E-state index in [1.807, 2.05) is 18.5 Å². The molecule has 30 heavy (non-hydrogen) atoms. The highest BCUT2D eigenvalue weighted by molar-refractivity contribution is 5.93. The highest BCUT2D eigenvalue weighted by Crippen LogP contribution is 2.37. The molecule has 0 radical (unpaired) electrons. The number of hydrogen-bond donors (Lipinski definition) is 1. The summed E-state index contributed by atoms with van der Waals surface area (Å²) >= 11 is 0. The third-order valence-corrected chi connectivity index (χ3v) is 6.28. The molecule has 0 bridgehead atoms. The molecule has 1 N–H and O–H groups in total. The van der Waals surface area contributed by atoms with Crippen LogP contribution in [0.25, 0.3) is 32.9 Å². The molecule has 0 spiro atoms. The van der Waals surface area contributed by atoms with Gasteiger partial charge in [-0.25, -0.2) is 0 Å². The van der Waals surface area contributed by atoms with Crippen LogP contribution in [0.3, 0.4) is 0 Å². The fourth-order valence-corrected chi connectivity index (χ4v) is 4.81. The Labute approximate surface area is 175 Å². The molecule has 0 saturated carbocycles. The minimum absolute atomic E-state index is 0.366. The third-order valence-electron chi connectivity index (χ3n) is 6.28. The predicted molar refractivity (Wildman–Crippen MR) is 121 cm³/mol. The standard InChI is InChI=1S/C26H22N4/c1-30-15-21-13-19(26-23-5-3-2-4-20(23)14-28-29-26)6-8-22(21)24(16-30)17-7-9-25-18(12-17)10-11-27-25/h2-14,24,27H,15-16H2,1H3. The van der Waals surface area contributed by atoms with Gasteiger partial charge in [0.1, 0.15) is 5.69 Å². The summed E-state index contributed by atoms with van der Waals surface area (Å²) in [5.74, 6) is 0.366. The molecular formula is C26H22N4. The van der Waals surface area contributed by atoms with E-state index in [1.165, 1.54) is 27.6 Å². The van der Waals surface area contributed by atoms with E-state index in [9.17, 15) is 0 Å². The summed E-state index contributed by atoms with van der Waals surface area (Å²) in [5.41, 5.74) is 7.43. The van der Waals surface area contributed by atoms with Crippen molar-refractivity contribution in [2.24, 2.45) is 0 Å². The Hall–Kier alpha value is -3.50. The fourth-order valence-electron chi connectivity index (χ4n) is 4.81. The Bertz CT molecular complexity index is 1380. The minimum Gasteiger partial charge on any atom is -0.361 e. The molecule has 5 aromatic rings. The Kier molecular flexibility index (Phi) is 3.93. The fraction of sp³-hybridized carbons (Fsp3) is 0.154. The normalized spacial score (nSPS) is 16.8. The minimum atomic E-state index is 0.366. The summed E-state index contributed by atoms with van der Waals surface area (Å²) in [6.07, 6.45) is 3.84. The van der Waals surface area contributed by atoms with Gasteiger partial charge in [0.2, 0.25) is 0 Å². The largest absolute Gasteiger partial charge is 0.361 e. The number of fused-ring (bicyclic) bond motifs is 3. The average molecular weight is 390 g/mol. The SMILES string of the molecule is CN1Cc2cc(-c3nncc4ccccc34)ccc2C(c2ccc3[nH]ccc3c2)C1. The van der Waals surface area contributed by atoms with Crippen molar-refractivity contribution in [1.82, 2.24) is 20.1 Å². The monoisotopic (exact) mass is 390 g/mol. The van der Waals surface area contributed by atoms with Crippen LogP contribution in [-0.4, -0.2) is 33.7 Å². The summed E-state index contributed by atoms with van der Waals surface area (Å²) in [4.78, 5) is 5.70. The van der Waals surface area contributed by atoms with Gasteiger partial charge in [-0.15, -0.1) is 5.10 Å². The van der Waals surface area contributed by atoms with Gasteiger partial charge in [-0.05, 0) is 53.4 Å². The lowest BCUT2D eigenvalue weighted by Gasteiger charge is -2.33. The maximum Gasteiger partial charge on any atom is 0.101 e. The van der Waals surface area contributed by atoms with Gasteiger partial charge in [0, 0.05) is 47.1 Å². The van der Waals surface area contributed by atoms with E-state index >= 15 is 0 Å². The topological polar surface area (TPSA) is 44.8 Å².